The van der Waals surface area contributed by atoms with Crippen molar-refractivity contribution in [1.29, 1.82) is 0 Å². The number of anilines is 1. The summed E-state index contributed by atoms with van der Waals surface area (Å²) in [7, 11) is -1.05. The molecule has 0 aliphatic heterocycles. The number of rotatable bonds is 5. The summed E-state index contributed by atoms with van der Waals surface area (Å²) in [6, 6.07) is 10.8. The molecule has 118 valence electrons. The number of sulfonamides is 1. The number of benzene rings is 2. The molecule has 2 aromatic carbocycles. The second-order valence-electron chi connectivity index (χ2n) is 4.79. The lowest BCUT2D eigenvalue weighted by Crippen LogP contribution is -2.26. The molecule has 0 atom stereocenters. The average Bonchev–Trinajstić information content (AvgIpc) is 2.54. The fourth-order valence-corrected chi connectivity index (χ4v) is 3.25. The number of aryl methyl sites for hydroxylation is 1. The Balaban J connectivity index is 2.37. The van der Waals surface area contributed by atoms with Gasteiger partial charge in [-0.2, -0.15) is 0 Å². The van der Waals surface area contributed by atoms with Crippen molar-refractivity contribution >= 4 is 15.7 Å². The molecule has 0 bridgehead atoms. The monoisotopic (exact) mass is 323 g/mol. The average molecular weight is 323 g/mol. The van der Waals surface area contributed by atoms with E-state index in [0.717, 1.165) is 22.4 Å². The van der Waals surface area contributed by atoms with Crippen molar-refractivity contribution in [3.05, 3.63) is 53.8 Å². The van der Waals surface area contributed by atoms with Gasteiger partial charge in [-0.25, -0.2) is 12.8 Å². The van der Waals surface area contributed by atoms with Gasteiger partial charge in [0.2, 0.25) is 0 Å². The van der Waals surface area contributed by atoms with Gasteiger partial charge in [-0.3, -0.25) is 4.31 Å². The van der Waals surface area contributed by atoms with E-state index in [4.69, 9.17) is 4.74 Å². The molecule has 0 amide bonds. The molecule has 4 nitrogen and oxygen atoms in total. The van der Waals surface area contributed by atoms with Crippen LogP contribution in [0.4, 0.5) is 10.1 Å². The zero-order chi connectivity index (χ0) is 16.3. The molecule has 0 saturated carbocycles. The SMILES string of the molecule is CCc1ccc(N(C)S(=O)(=O)c2ccc(OC)c(F)c2)cc1. The topological polar surface area (TPSA) is 46.6 Å². The third-order valence-electron chi connectivity index (χ3n) is 3.49. The van der Waals surface area contributed by atoms with Gasteiger partial charge in [0, 0.05) is 7.05 Å². The molecule has 0 aliphatic rings. The Morgan fingerprint density at radius 1 is 1.14 bits per heavy atom. The van der Waals surface area contributed by atoms with Gasteiger partial charge in [0.25, 0.3) is 10.0 Å². The lowest BCUT2D eigenvalue weighted by molar-refractivity contribution is 0.385. The summed E-state index contributed by atoms with van der Waals surface area (Å²) < 4.78 is 44.8. The normalized spacial score (nSPS) is 11.3. The van der Waals surface area contributed by atoms with Crippen LogP contribution in [-0.4, -0.2) is 22.6 Å². The van der Waals surface area contributed by atoms with E-state index in [-0.39, 0.29) is 10.6 Å². The van der Waals surface area contributed by atoms with Crippen LogP contribution in [0, 0.1) is 5.82 Å². The minimum absolute atomic E-state index is 0.00824. The van der Waals surface area contributed by atoms with Crippen LogP contribution < -0.4 is 9.04 Å². The summed E-state index contributed by atoms with van der Waals surface area (Å²) in [6.45, 7) is 2.02. The second-order valence-corrected chi connectivity index (χ2v) is 6.76. The molecule has 0 aromatic heterocycles. The molecule has 6 heteroatoms. The van der Waals surface area contributed by atoms with Gasteiger partial charge in [-0.05, 0) is 42.3 Å². The summed E-state index contributed by atoms with van der Waals surface area (Å²) in [5.74, 6) is -0.702. The Hall–Kier alpha value is -2.08. The molecule has 22 heavy (non-hydrogen) atoms. The predicted octanol–water partition coefficient (Wildman–Crippen LogP) is 3.22. The van der Waals surface area contributed by atoms with Crippen molar-refractivity contribution < 1.29 is 17.5 Å². The third-order valence-corrected chi connectivity index (χ3v) is 5.27. The summed E-state index contributed by atoms with van der Waals surface area (Å²) in [5, 5.41) is 0. The first-order chi connectivity index (χ1) is 10.4. The molecule has 0 N–H and O–H groups in total. The van der Waals surface area contributed by atoms with E-state index in [9.17, 15) is 12.8 Å². The molecular weight excluding hydrogens is 305 g/mol. The van der Waals surface area contributed by atoms with Crippen LogP contribution in [-0.2, 0) is 16.4 Å². The molecule has 0 radical (unpaired) electrons. The van der Waals surface area contributed by atoms with Crippen LogP contribution in [0.3, 0.4) is 0 Å². The number of hydrogen-bond donors (Lipinski definition) is 0. The van der Waals surface area contributed by atoms with E-state index in [1.165, 1.54) is 26.3 Å². The van der Waals surface area contributed by atoms with E-state index in [1.54, 1.807) is 12.1 Å². The molecule has 0 fully saturated rings. The van der Waals surface area contributed by atoms with Crippen LogP contribution in [0.2, 0.25) is 0 Å². The fraction of sp³-hybridized carbons (Fsp3) is 0.250. The van der Waals surface area contributed by atoms with E-state index in [2.05, 4.69) is 0 Å². The van der Waals surface area contributed by atoms with Gasteiger partial charge < -0.3 is 4.74 Å². The number of nitrogens with zero attached hydrogens (tertiary/aromatic N) is 1. The van der Waals surface area contributed by atoms with Crippen molar-refractivity contribution in [2.45, 2.75) is 18.2 Å². The Morgan fingerprint density at radius 2 is 1.77 bits per heavy atom. The molecule has 0 saturated heterocycles. The lowest BCUT2D eigenvalue weighted by Gasteiger charge is -2.20. The highest BCUT2D eigenvalue weighted by molar-refractivity contribution is 7.92. The third kappa shape index (κ3) is 3.06. The minimum atomic E-state index is -3.82. The van der Waals surface area contributed by atoms with Gasteiger partial charge >= 0.3 is 0 Å². The second kappa shape index (κ2) is 6.36. The minimum Gasteiger partial charge on any atom is -0.494 e. The maximum atomic E-state index is 13.7. The first-order valence-electron chi connectivity index (χ1n) is 6.81. The number of methoxy groups -OCH3 is 1. The smallest absolute Gasteiger partial charge is 0.264 e. The molecule has 2 aromatic rings. The van der Waals surface area contributed by atoms with E-state index < -0.39 is 15.8 Å². The zero-order valence-corrected chi connectivity index (χ0v) is 13.5. The molecule has 0 spiro atoms. The zero-order valence-electron chi connectivity index (χ0n) is 12.7. The summed E-state index contributed by atoms with van der Waals surface area (Å²) in [6.07, 6.45) is 0.875. The Morgan fingerprint density at radius 3 is 2.27 bits per heavy atom. The maximum Gasteiger partial charge on any atom is 0.264 e. The Kier molecular flexibility index (Phi) is 4.71. The van der Waals surface area contributed by atoms with Crippen LogP contribution in [0.1, 0.15) is 12.5 Å². The van der Waals surface area contributed by atoms with Crippen LogP contribution in [0.25, 0.3) is 0 Å². The van der Waals surface area contributed by atoms with Crippen LogP contribution >= 0.6 is 0 Å². The highest BCUT2D eigenvalue weighted by atomic mass is 32.2. The number of ether oxygens (including phenoxy) is 1. The van der Waals surface area contributed by atoms with Crippen LogP contribution in [0.5, 0.6) is 5.75 Å². The number of hydrogen-bond acceptors (Lipinski definition) is 3. The highest BCUT2D eigenvalue weighted by Gasteiger charge is 2.22. The lowest BCUT2D eigenvalue weighted by atomic mass is 10.1. The van der Waals surface area contributed by atoms with Crippen molar-refractivity contribution in [1.82, 2.24) is 0 Å². The molecule has 0 aliphatic carbocycles. The largest absolute Gasteiger partial charge is 0.494 e. The molecular formula is C16H18FNO3S. The summed E-state index contributed by atoms with van der Waals surface area (Å²) >= 11 is 0. The quantitative estimate of drug-likeness (QED) is 0.849. The van der Waals surface area contributed by atoms with Gasteiger partial charge in [0.1, 0.15) is 0 Å². The summed E-state index contributed by atoms with van der Waals surface area (Å²) in [4.78, 5) is -0.118. The fourth-order valence-electron chi connectivity index (χ4n) is 2.05. The Labute approximate surface area is 130 Å². The molecule has 0 unspecified atom stereocenters. The van der Waals surface area contributed by atoms with E-state index in [0.29, 0.717) is 5.69 Å². The number of halogens is 1. The first-order valence-corrected chi connectivity index (χ1v) is 8.25. The van der Waals surface area contributed by atoms with E-state index >= 15 is 0 Å². The highest BCUT2D eigenvalue weighted by Crippen LogP contribution is 2.26. The van der Waals surface area contributed by atoms with Gasteiger partial charge in [0.15, 0.2) is 11.6 Å². The predicted molar refractivity (Wildman–Crippen MR) is 84.4 cm³/mol. The van der Waals surface area contributed by atoms with Crippen molar-refractivity contribution in [2.75, 3.05) is 18.5 Å². The van der Waals surface area contributed by atoms with Gasteiger partial charge in [-0.1, -0.05) is 19.1 Å². The van der Waals surface area contributed by atoms with E-state index in [1.807, 2.05) is 19.1 Å². The summed E-state index contributed by atoms with van der Waals surface area (Å²) in [5.41, 5.74) is 1.64. The Bertz CT molecular complexity index is 757. The first kappa shape index (κ1) is 16.3. The molecule has 2 rings (SSSR count). The van der Waals surface area contributed by atoms with Crippen molar-refractivity contribution in [3.63, 3.8) is 0 Å². The van der Waals surface area contributed by atoms with Crippen LogP contribution in [0.15, 0.2) is 47.4 Å². The molecule has 0 heterocycles. The van der Waals surface area contributed by atoms with Crippen molar-refractivity contribution in [2.24, 2.45) is 0 Å². The standard InChI is InChI=1S/C16H18FNO3S/c1-4-12-5-7-13(8-6-12)18(2)22(19,20)14-9-10-16(21-3)15(17)11-14/h5-11H,4H2,1-3H3. The maximum absolute atomic E-state index is 13.7. The van der Waals surface area contributed by atoms with Gasteiger partial charge in [0.05, 0.1) is 17.7 Å². The van der Waals surface area contributed by atoms with Crippen molar-refractivity contribution in [3.8, 4) is 5.75 Å². The van der Waals surface area contributed by atoms with Gasteiger partial charge in [-0.15, -0.1) is 0 Å².